The van der Waals surface area contributed by atoms with Crippen molar-refractivity contribution < 1.29 is 19.5 Å². The third-order valence-corrected chi connectivity index (χ3v) is 5.95. The number of fused-ring (bicyclic) bond motifs is 1. The van der Waals surface area contributed by atoms with Gasteiger partial charge >= 0.3 is 0 Å². The highest BCUT2D eigenvalue weighted by Gasteiger charge is 2.29. The van der Waals surface area contributed by atoms with Crippen LogP contribution in [0, 0.1) is 0 Å². The molecule has 1 atom stereocenters. The van der Waals surface area contributed by atoms with E-state index < -0.39 is 18.4 Å². The zero-order valence-corrected chi connectivity index (χ0v) is 19.3. The molecule has 1 aliphatic heterocycles. The Balaban J connectivity index is 1.47. The highest BCUT2D eigenvalue weighted by atomic mass is 16.4. The average Bonchev–Trinajstić information content (AvgIpc) is 2.99. The van der Waals surface area contributed by atoms with E-state index in [9.17, 15) is 19.5 Å². The van der Waals surface area contributed by atoms with Crippen molar-refractivity contribution in [3.8, 4) is 0 Å². The van der Waals surface area contributed by atoms with E-state index in [1.807, 2.05) is 48.5 Å². The lowest BCUT2D eigenvalue weighted by Crippen LogP contribution is -2.44. The second-order valence-electron chi connectivity index (χ2n) is 8.47. The van der Waals surface area contributed by atoms with Crippen LogP contribution < -0.4 is 15.7 Å². The molecule has 0 fully saturated rings. The summed E-state index contributed by atoms with van der Waals surface area (Å²) >= 11 is 0. The lowest BCUT2D eigenvalue weighted by molar-refractivity contribution is -0.305. The largest absolute Gasteiger partial charge is 0.550 e. The van der Waals surface area contributed by atoms with Crippen molar-refractivity contribution in [3.05, 3.63) is 95.3 Å². The van der Waals surface area contributed by atoms with Crippen molar-refractivity contribution >= 4 is 23.5 Å². The lowest BCUT2D eigenvalue weighted by atomic mass is 10.1. The highest BCUT2D eigenvalue weighted by Crippen LogP contribution is 2.26. The summed E-state index contributed by atoms with van der Waals surface area (Å²) in [6.07, 6.45) is 2.51. The Morgan fingerprint density at radius 2 is 1.86 bits per heavy atom. The number of hydrogen-bond donors (Lipinski definition) is 2. The first kappa shape index (κ1) is 23.9. The van der Waals surface area contributed by atoms with Crippen LogP contribution in [0.15, 0.2) is 72.9 Å². The number of benzene rings is 2. The third kappa shape index (κ3) is 6.44. The number of aliphatic carboxylic acids is 1. The van der Waals surface area contributed by atoms with Crippen LogP contribution in [-0.4, -0.2) is 46.8 Å². The normalized spacial score (nSPS) is 15.0. The standard InChI is InChI=1S/C27H28N4O4/c32-25(33)17-24-27(35)31(15-12-19-6-2-1-3-7-19)18-21-10-9-20(16-23(21)30-24)26(34)29-14-11-22-8-4-5-13-28-22/h1-10,13,16,24,30H,11-12,14-15,17-18H2,(H,29,34)(H,32,33)/p-1. The van der Waals surface area contributed by atoms with E-state index in [1.54, 1.807) is 29.3 Å². The van der Waals surface area contributed by atoms with Crippen LogP contribution in [0.1, 0.15) is 33.6 Å². The Morgan fingerprint density at radius 1 is 1.06 bits per heavy atom. The van der Waals surface area contributed by atoms with Crippen LogP contribution in [0.3, 0.4) is 0 Å². The second-order valence-corrected chi connectivity index (χ2v) is 8.47. The molecule has 1 aliphatic rings. The summed E-state index contributed by atoms with van der Waals surface area (Å²) in [5, 5.41) is 17.3. The number of hydrogen-bond acceptors (Lipinski definition) is 6. The molecular weight excluding hydrogens is 444 g/mol. The molecule has 0 spiro atoms. The summed E-state index contributed by atoms with van der Waals surface area (Å²) < 4.78 is 0. The summed E-state index contributed by atoms with van der Waals surface area (Å²) in [6.45, 7) is 1.20. The van der Waals surface area contributed by atoms with Crippen molar-refractivity contribution in [2.45, 2.75) is 31.8 Å². The molecule has 0 saturated carbocycles. The van der Waals surface area contributed by atoms with Gasteiger partial charge in [0.05, 0.1) is 0 Å². The van der Waals surface area contributed by atoms with Crippen molar-refractivity contribution in [2.75, 3.05) is 18.4 Å². The third-order valence-electron chi connectivity index (χ3n) is 5.95. The van der Waals surface area contributed by atoms with Gasteiger partial charge in [0.2, 0.25) is 5.91 Å². The average molecular weight is 472 g/mol. The number of pyridine rings is 1. The Morgan fingerprint density at radius 3 is 2.60 bits per heavy atom. The summed E-state index contributed by atoms with van der Waals surface area (Å²) in [6, 6.07) is 19.7. The first-order chi connectivity index (χ1) is 17.0. The predicted octanol–water partition coefficient (Wildman–Crippen LogP) is 1.56. The van der Waals surface area contributed by atoms with Crippen LogP contribution in [-0.2, 0) is 29.0 Å². The van der Waals surface area contributed by atoms with E-state index >= 15 is 0 Å². The number of nitrogens with zero attached hydrogens (tertiary/aromatic N) is 2. The van der Waals surface area contributed by atoms with Gasteiger partial charge in [-0.15, -0.1) is 0 Å². The molecule has 0 bridgehead atoms. The fraction of sp³-hybridized carbons (Fsp3) is 0.259. The molecule has 3 aromatic rings. The number of amides is 2. The molecule has 4 rings (SSSR count). The lowest BCUT2D eigenvalue weighted by Gasteiger charge is -2.25. The van der Waals surface area contributed by atoms with E-state index in [1.165, 1.54) is 0 Å². The molecule has 0 saturated heterocycles. The van der Waals surface area contributed by atoms with Gasteiger partial charge in [0.25, 0.3) is 5.91 Å². The van der Waals surface area contributed by atoms with Crippen molar-refractivity contribution in [1.82, 2.24) is 15.2 Å². The number of rotatable bonds is 9. The first-order valence-corrected chi connectivity index (χ1v) is 11.6. The van der Waals surface area contributed by atoms with E-state index in [4.69, 9.17) is 0 Å². The number of anilines is 1. The monoisotopic (exact) mass is 471 g/mol. The summed E-state index contributed by atoms with van der Waals surface area (Å²) in [5.74, 6) is -1.87. The molecule has 2 heterocycles. The van der Waals surface area contributed by atoms with Gasteiger partial charge in [-0.1, -0.05) is 42.5 Å². The van der Waals surface area contributed by atoms with Gasteiger partial charge in [-0.25, -0.2) is 0 Å². The van der Waals surface area contributed by atoms with Crippen molar-refractivity contribution in [3.63, 3.8) is 0 Å². The number of carbonyl (C=O) groups excluding carboxylic acids is 3. The summed E-state index contributed by atoms with van der Waals surface area (Å²) in [7, 11) is 0. The Labute approximate surface area is 204 Å². The molecule has 2 N–H and O–H groups in total. The maximum absolute atomic E-state index is 13.2. The SMILES string of the molecule is O=C([O-])CC1Nc2cc(C(=O)NCCc3ccccn3)ccc2CN(CCc2ccccc2)C1=O. The zero-order valence-electron chi connectivity index (χ0n) is 19.3. The molecule has 2 amide bonds. The fourth-order valence-corrected chi connectivity index (χ4v) is 4.10. The fourth-order valence-electron chi connectivity index (χ4n) is 4.10. The Hall–Kier alpha value is -4.20. The van der Waals surface area contributed by atoms with E-state index in [-0.39, 0.29) is 11.8 Å². The molecule has 8 heteroatoms. The summed E-state index contributed by atoms with van der Waals surface area (Å²) in [4.78, 5) is 43.1. The molecule has 1 unspecified atom stereocenters. The molecule has 180 valence electrons. The van der Waals surface area contributed by atoms with Crippen LogP contribution in [0.5, 0.6) is 0 Å². The van der Waals surface area contributed by atoms with Gasteiger partial charge in [0, 0.05) is 61.6 Å². The molecular formula is C27H27N4O4-. The quantitative estimate of drug-likeness (QED) is 0.490. The number of carbonyl (C=O) groups is 3. The Kier molecular flexibility index (Phi) is 7.72. The molecule has 8 nitrogen and oxygen atoms in total. The van der Waals surface area contributed by atoms with Gasteiger partial charge in [-0.2, -0.15) is 0 Å². The highest BCUT2D eigenvalue weighted by molar-refractivity contribution is 5.96. The maximum atomic E-state index is 13.2. The van der Waals surface area contributed by atoms with Gasteiger partial charge in [-0.3, -0.25) is 14.6 Å². The predicted molar refractivity (Wildman–Crippen MR) is 129 cm³/mol. The smallest absolute Gasteiger partial charge is 0.251 e. The summed E-state index contributed by atoms with van der Waals surface area (Å²) in [5.41, 5.74) is 3.79. The minimum absolute atomic E-state index is 0.251. The molecule has 35 heavy (non-hydrogen) atoms. The minimum atomic E-state index is -1.31. The van der Waals surface area contributed by atoms with Crippen molar-refractivity contribution in [1.29, 1.82) is 0 Å². The molecule has 1 aromatic heterocycles. The van der Waals surface area contributed by atoms with Gasteiger partial charge in [-0.05, 0) is 41.8 Å². The zero-order chi connectivity index (χ0) is 24.6. The maximum Gasteiger partial charge on any atom is 0.251 e. The number of aromatic nitrogens is 1. The molecule has 0 aliphatic carbocycles. The first-order valence-electron chi connectivity index (χ1n) is 11.6. The number of carboxylic acid groups (broad SMARTS) is 1. The molecule has 2 aromatic carbocycles. The van der Waals surface area contributed by atoms with Crippen LogP contribution in [0.2, 0.25) is 0 Å². The molecule has 0 radical (unpaired) electrons. The van der Waals surface area contributed by atoms with Crippen LogP contribution >= 0.6 is 0 Å². The number of carboxylic acids is 1. The van der Waals surface area contributed by atoms with Crippen LogP contribution in [0.4, 0.5) is 5.69 Å². The van der Waals surface area contributed by atoms with Crippen LogP contribution in [0.25, 0.3) is 0 Å². The second kappa shape index (κ2) is 11.3. The number of nitrogens with one attached hydrogen (secondary N) is 2. The Bertz CT molecular complexity index is 1180. The van der Waals surface area contributed by atoms with E-state index in [2.05, 4.69) is 15.6 Å². The van der Waals surface area contributed by atoms with Gasteiger partial charge < -0.3 is 25.4 Å². The van der Waals surface area contributed by atoms with Crippen molar-refractivity contribution in [2.24, 2.45) is 0 Å². The van der Waals surface area contributed by atoms with E-state index in [0.29, 0.717) is 43.7 Å². The van der Waals surface area contributed by atoms with Gasteiger partial charge in [0.1, 0.15) is 6.04 Å². The minimum Gasteiger partial charge on any atom is -0.550 e. The van der Waals surface area contributed by atoms with Gasteiger partial charge in [0.15, 0.2) is 0 Å². The topological polar surface area (TPSA) is 114 Å². The van der Waals surface area contributed by atoms with E-state index in [0.717, 1.165) is 16.8 Å².